The minimum atomic E-state index is -0.902. The van der Waals surface area contributed by atoms with Crippen LogP contribution in [-0.4, -0.2) is 29.6 Å². The lowest BCUT2D eigenvalue weighted by Crippen LogP contribution is -2.46. The fraction of sp³-hybridized carbons (Fsp3) is 0.500. The van der Waals surface area contributed by atoms with Crippen LogP contribution in [0.25, 0.3) is 0 Å². The van der Waals surface area contributed by atoms with Crippen LogP contribution in [0.4, 0.5) is 0 Å². The van der Waals surface area contributed by atoms with E-state index in [9.17, 15) is 14.7 Å². The van der Waals surface area contributed by atoms with Crippen molar-refractivity contribution in [3.8, 4) is 5.75 Å². The molecule has 1 unspecified atom stereocenters. The van der Waals surface area contributed by atoms with Crippen LogP contribution in [0.2, 0.25) is 0 Å². The second-order valence-electron chi connectivity index (χ2n) is 5.43. The normalized spacial score (nSPS) is 17.0. The number of aliphatic carboxylic acids is 1. The molecule has 0 aromatic heterocycles. The highest BCUT2D eigenvalue weighted by atomic mass is 16.5. The number of carbonyl (C=O) groups excluding carboxylic acids is 1. The molecule has 1 heterocycles. The Kier molecular flexibility index (Phi) is 4.50. The van der Waals surface area contributed by atoms with Crippen molar-refractivity contribution in [1.29, 1.82) is 0 Å². The summed E-state index contributed by atoms with van der Waals surface area (Å²) >= 11 is 0. The van der Waals surface area contributed by atoms with Gasteiger partial charge in [-0.2, -0.15) is 0 Å². The second kappa shape index (κ2) is 6.16. The van der Waals surface area contributed by atoms with Gasteiger partial charge in [-0.3, -0.25) is 9.59 Å². The van der Waals surface area contributed by atoms with E-state index in [1.165, 1.54) is 0 Å². The number of carboxylic acids is 1. The first kappa shape index (κ1) is 15.4. The van der Waals surface area contributed by atoms with Crippen molar-refractivity contribution in [3.63, 3.8) is 0 Å². The Bertz CT molecular complexity index is 512. The zero-order valence-corrected chi connectivity index (χ0v) is 12.4. The molecule has 0 aliphatic carbocycles. The molecule has 2 rings (SSSR count). The molecule has 0 fully saturated rings. The van der Waals surface area contributed by atoms with Crippen molar-refractivity contribution in [2.24, 2.45) is 5.41 Å². The van der Waals surface area contributed by atoms with Gasteiger partial charge >= 0.3 is 5.97 Å². The topological polar surface area (TPSA) is 75.6 Å². The van der Waals surface area contributed by atoms with Crippen LogP contribution in [0, 0.1) is 5.41 Å². The summed E-state index contributed by atoms with van der Waals surface area (Å²) in [5, 5.41) is 12.1. The first-order valence-corrected chi connectivity index (χ1v) is 7.28. The van der Waals surface area contributed by atoms with Crippen LogP contribution < -0.4 is 10.1 Å². The fourth-order valence-electron chi connectivity index (χ4n) is 2.58. The molecule has 0 radical (unpaired) electrons. The number of amides is 1. The molecule has 1 aliphatic heterocycles. The van der Waals surface area contributed by atoms with Crippen LogP contribution in [0.15, 0.2) is 24.3 Å². The van der Waals surface area contributed by atoms with Crippen molar-refractivity contribution < 1.29 is 19.4 Å². The van der Waals surface area contributed by atoms with Crippen LogP contribution in [0.3, 0.4) is 0 Å². The maximum atomic E-state index is 12.2. The molecule has 5 heteroatoms. The summed E-state index contributed by atoms with van der Waals surface area (Å²) in [5.74, 6) is -0.393. The van der Waals surface area contributed by atoms with Gasteiger partial charge in [-0.1, -0.05) is 32.0 Å². The van der Waals surface area contributed by atoms with E-state index in [2.05, 4.69) is 5.32 Å². The average Bonchev–Trinajstić information content (AvgIpc) is 2.92. The quantitative estimate of drug-likeness (QED) is 0.840. The van der Waals surface area contributed by atoms with Gasteiger partial charge < -0.3 is 15.2 Å². The third-order valence-corrected chi connectivity index (χ3v) is 4.35. The van der Waals surface area contributed by atoms with Crippen molar-refractivity contribution in [3.05, 3.63) is 29.8 Å². The maximum Gasteiger partial charge on any atom is 0.311 e. The van der Waals surface area contributed by atoms with E-state index in [-0.39, 0.29) is 12.5 Å². The largest absolute Gasteiger partial charge is 0.481 e. The van der Waals surface area contributed by atoms with E-state index in [0.717, 1.165) is 11.3 Å². The summed E-state index contributed by atoms with van der Waals surface area (Å²) in [7, 11) is 0. The number of para-hydroxylation sites is 1. The van der Waals surface area contributed by atoms with Crippen molar-refractivity contribution in [2.75, 3.05) is 6.54 Å². The zero-order valence-electron chi connectivity index (χ0n) is 12.4. The summed E-state index contributed by atoms with van der Waals surface area (Å²) in [6, 6.07) is 7.54. The summed E-state index contributed by atoms with van der Waals surface area (Å²) in [6.45, 7) is 3.78. The molecule has 1 amide bonds. The van der Waals surface area contributed by atoms with Crippen molar-refractivity contribution in [2.45, 2.75) is 39.2 Å². The number of carbonyl (C=O) groups is 2. The molecule has 2 N–H and O–H groups in total. The van der Waals surface area contributed by atoms with Crippen LogP contribution in [0.1, 0.15) is 32.3 Å². The van der Waals surface area contributed by atoms with Crippen molar-refractivity contribution in [1.82, 2.24) is 5.32 Å². The first-order valence-electron chi connectivity index (χ1n) is 7.28. The van der Waals surface area contributed by atoms with E-state index in [1.54, 1.807) is 0 Å². The Morgan fingerprint density at radius 3 is 2.57 bits per heavy atom. The van der Waals surface area contributed by atoms with Gasteiger partial charge in [0, 0.05) is 13.0 Å². The fourth-order valence-corrected chi connectivity index (χ4v) is 2.58. The number of ether oxygens (including phenoxy) is 1. The number of benzene rings is 1. The van der Waals surface area contributed by atoms with Gasteiger partial charge in [0.1, 0.15) is 5.75 Å². The van der Waals surface area contributed by atoms with E-state index in [1.807, 2.05) is 38.1 Å². The Labute approximate surface area is 124 Å². The van der Waals surface area contributed by atoms with Gasteiger partial charge in [0.2, 0.25) is 0 Å². The molecular weight excluding hydrogens is 270 g/mol. The second-order valence-corrected chi connectivity index (χ2v) is 5.43. The lowest BCUT2D eigenvalue weighted by molar-refractivity contribution is -0.149. The molecule has 1 aromatic carbocycles. The predicted molar refractivity (Wildman–Crippen MR) is 78.2 cm³/mol. The Morgan fingerprint density at radius 2 is 2.00 bits per heavy atom. The number of carboxylic acid groups (broad SMARTS) is 1. The van der Waals surface area contributed by atoms with E-state index < -0.39 is 17.5 Å². The Hall–Kier alpha value is -2.04. The highest BCUT2D eigenvalue weighted by Crippen LogP contribution is 2.29. The minimum Gasteiger partial charge on any atom is -0.481 e. The molecule has 0 bridgehead atoms. The monoisotopic (exact) mass is 291 g/mol. The van der Waals surface area contributed by atoms with E-state index in [0.29, 0.717) is 19.3 Å². The van der Waals surface area contributed by atoms with Gasteiger partial charge in [-0.15, -0.1) is 0 Å². The Morgan fingerprint density at radius 1 is 1.33 bits per heavy atom. The number of rotatable bonds is 6. The number of fused-ring (bicyclic) bond motifs is 1. The molecule has 21 heavy (non-hydrogen) atoms. The zero-order chi connectivity index (χ0) is 15.5. The third kappa shape index (κ3) is 3.01. The van der Waals surface area contributed by atoms with Gasteiger partial charge in [0.05, 0.1) is 5.41 Å². The summed E-state index contributed by atoms with van der Waals surface area (Å²) in [6.07, 6.45) is 0.915. The van der Waals surface area contributed by atoms with Gasteiger partial charge in [0.25, 0.3) is 5.91 Å². The molecule has 0 saturated heterocycles. The first-order chi connectivity index (χ1) is 10.0. The average molecular weight is 291 g/mol. The molecule has 1 aromatic rings. The van der Waals surface area contributed by atoms with E-state index >= 15 is 0 Å². The van der Waals surface area contributed by atoms with Crippen LogP contribution >= 0.6 is 0 Å². The molecule has 1 aliphatic rings. The summed E-state index contributed by atoms with van der Waals surface area (Å²) in [4.78, 5) is 23.6. The predicted octanol–water partition coefficient (Wildman–Crippen LogP) is 2.00. The highest BCUT2D eigenvalue weighted by molar-refractivity contribution is 5.83. The van der Waals surface area contributed by atoms with Crippen LogP contribution in [0.5, 0.6) is 5.75 Å². The molecular formula is C16H21NO4. The summed E-state index contributed by atoms with van der Waals surface area (Å²) < 4.78 is 5.60. The Balaban J connectivity index is 1.96. The number of nitrogens with one attached hydrogen (secondary N) is 1. The number of hydrogen-bond donors (Lipinski definition) is 2. The minimum absolute atomic E-state index is 0.129. The van der Waals surface area contributed by atoms with Gasteiger partial charge in [0.15, 0.2) is 6.10 Å². The number of hydrogen-bond acceptors (Lipinski definition) is 3. The summed E-state index contributed by atoms with van der Waals surface area (Å²) in [5.41, 5.74) is 0.106. The van der Waals surface area contributed by atoms with Gasteiger partial charge in [-0.25, -0.2) is 0 Å². The third-order valence-electron chi connectivity index (χ3n) is 4.35. The van der Waals surface area contributed by atoms with Crippen LogP contribution in [-0.2, 0) is 16.0 Å². The maximum absolute atomic E-state index is 12.2. The highest BCUT2D eigenvalue weighted by Gasteiger charge is 2.37. The lowest BCUT2D eigenvalue weighted by Gasteiger charge is -2.27. The molecule has 1 atom stereocenters. The molecule has 0 saturated carbocycles. The molecule has 5 nitrogen and oxygen atoms in total. The molecule has 0 spiro atoms. The smallest absolute Gasteiger partial charge is 0.311 e. The van der Waals surface area contributed by atoms with Crippen molar-refractivity contribution >= 4 is 11.9 Å². The molecule has 114 valence electrons. The van der Waals surface area contributed by atoms with Gasteiger partial charge in [-0.05, 0) is 24.5 Å². The van der Waals surface area contributed by atoms with E-state index in [4.69, 9.17) is 4.74 Å². The SMILES string of the molecule is CCC(CC)(CNC(=O)C1Cc2ccccc2O1)C(=O)O. The standard InChI is InChI=1S/C16H21NO4/c1-3-16(4-2,15(19)20)10-17-14(18)13-9-11-7-5-6-8-12(11)21-13/h5-8,13H,3-4,9-10H2,1-2H3,(H,17,18)(H,19,20). The lowest BCUT2D eigenvalue weighted by atomic mass is 9.82.